The molecule has 1 spiro atoms. The molecule has 2 aromatic rings. The molecule has 0 saturated carbocycles. The third-order valence-corrected chi connectivity index (χ3v) is 6.18. The van der Waals surface area contributed by atoms with E-state index in [9.17, 15) is 9.18 Å². The van der Waals surface area contributed by atoms with E-state index in [1.54, 1.807) is 18.2 Å². The van der Waals surface area contributed by atoms with E-state index in [2.05, 4.69) is 27.1 Å². The van der Waals surface area contributed by atoms with Crippen LogP contribution in [0.3, 0.4) is 0 Å². The molecule has 0 radical (unpaired) electrons. The summed E-state index contributed by atoms with van der Waals surface area (Å²) in [6, 6.07) is 6.54. The van der Waals surface area contributed by atoms with E-state index in [-0.39, 0.29) is 17.3 Å². The second-order valence-corrected chi connectivity index (χ2v) is 7.96. The van der Waals surface area contributed by atoms with Crippen LogP contribution in [0.1, 0.15) is 30.7 Å². The van der Waals surface area contributed by atoms with Crippen molar-refractivity contribution in [1.29, 1.82) is 0 Å². The molecule has 7 heteroatoms. The summed E-state index contributed by atoms with van der Waals surface area (Å²) in [5, 5.41) is 2.99. The molecule has 2 fully saturated rings. The van der Waals surface area contributed by atoms with Gasteiger partial charge in [0.15, 0.2) is 0 Å². The smallest absolute Gasteiger partial charge is 0.229 e. The topological polar surface area (TPSA) is 61.6 Å². The van der Waals surface area contributed by atoms with Gasteiger partial charge in [0.1, 0.15) is 11.6 Å². The fraction of sp³-hybridized carbons (Fsp3) is 0.524. The van der Waals surface area contributed by atoms with Gasteiger partial charge in [0.25, 0.3) is 0 Å². The number of aromatic nitrogens is 1. The average molecular weight is 386 g/mol. The maximum atomic E-state index is 14.1. The van der Waals surface area contributed by atoms with E-state index in [0.29, 0.717) is 24.4 Å². The largest absolute Gasteiger partial charge is 0.441 e. The number of hydrogen-bond acceptors (Lipinski definition) is 5. The van der Waals surface area contributed by atoms with Crippen molar-refractivity contribution in [2.45, 2.75) is 38.3 Å². The Morgan fingerprint density at radius 1 is 1.29 bits per heavy atom. The molecule has 2 saturated heterocycles. The van der Waals surface area contributed by atoms with Crippen LogP contribution in [0.4, 0.5) is 4.39 Å². The Morgan fingerprint density at radius 3 is 2.93 bits per heavy atom. The van der Waals surface area contributed by atoms with E-state index in [0.717, 1.165) is 50.5 Å². The second kappa shape index (κ2) is 7.64. The molecule has 2 aliphatic heterocycles. The Bertz CT molecular complexity index is 868. The lowest BCUT2D eigenvalue weighted by Gasteiger charge is -2.49. The Balaban J connectivity index is 1.52. The van der Waals surface area contributed by atoms with Crippen LogP contribution in [0.25, 0.3) is 11.5 Å². The number of carbonyl (C=O) groups excluding carboxylic acids is 1. The third-order valence-electron chi connectivity index (χ3n) is 6.18. The normalized spacial score (nSPS) is 24.3. The highest BCUT2D eigenvalue weighted by Crippen LogP contribution is 2.32. The van der Waals surface area contributed by atoms with E-state index < -0.39 is 0 Å². The van der Waals surface area contributed by atoms with Crippen LogP contribution in [0.15, 0.2) is 28.7 Å². The lowest BCUT2D eigenvalue weighted by atomic mass is 9.86. The molecule has 0 bridgehead atoms. The highest BCUT2D eigenvalue weighted by Gasteiger charge is 2.41. The molecule has 2 aliphatic rings. The van der Waals surface area contributed by atoms with Gasteiger partial charge in [-0.05, 0) is 38.9 Å². The van der Waals surface area contributed by atoms with Gasteiger partial charge in [0.2, 0.25) is 11.8 Å². The number of oxazole rings is 1. The van der Waals surface area contributed by atoms with Crippen LogP contribution in [-0.2, 0) is 11.3 Å². The number of nitrogens with zero attached hydrogens (tertiary/aromatic N) is 3. The van der Waals surface area contributed by atoms with Crippen molar-refractivity contribution in [1.82, 2.24) is 20.1 Å². The van der Waals surface area contributed by atoms with E-state index in [1.807, 2.05) is 6.92 Å². The van der Waals surface area contributed by atoms with Gasteiger partial charge in [-0.15, -0.1) is 0 Å². The minimum atomic E-state index is -0.329. The molecule has 1 aromatic heterocycles. The number of amides is 1. The van der Waals surface area contributed by atoms with Crippen LogP contribution < -0.4 is 5.32 Å². The number of carbonyl (C=O) groups is 1. The van der Waals surface area contributed by atoms with Gasteiger partial charge in [-0.2, -0.15) is 0 Å². The molecule has 0 unspecified atom stereocenters. The zero-order chi connectivity index (χ0) is 19.7. The number of hydrogen-bond donors (Lipinski definition) is 1. The number of rotatable bonds is 3. The lowest BCUT2D eigenvalue weighted by Crippen LogP contribution is -2.60. The van der Waals surface area contributed by atoms with Crippen molar-refractivity contribution in [2.24, 2.45) is 0 Å². The molecule has 6 nitrogen and oxygen atoms in total. The van der Waals surface area contributed by atoms with Crippen LogP contribution >= 0.6 is 0 Å². The number of piperazine rings is 1. The van der Waals surface area contributed by atoms with Crippen molar-refractivity contribution in [3.05, 3.63) is 41.5 Å². The minimum absolute atomic E-state index is 0.00339. The summed E-state index contributed by atoms with van der Waals surface area (Å²) in [6.45, 7) is 6.04. The number of benzene rings is 1. The molecule has 1 amide bonds. The summed E-state index contributed by atoms with van der Waals surface area (Å²) >= 11 is 0. The van der Waals surface area contributed by atoms with Crippen molar-refractivity contribution in [2.75, 3.05) is 33.2 Å². The number of aryl methyl sites for hydroxylation is 1. The molecular weight excluding hydrogens is 359 g/mol. The molecule has 1 aromatic carbocycles. The summed E-state index contributed by atoms with van der Waals surface area (Å²) < 4.78 is 19.8. The fourth-order valence-corrected chi connectivity index (χ4v) is 4.35. The van der Waals surface area contributed by atoms with Gasteiger partial charge in [-0.25, -0.2) is 9.37 Å². The first-order chi connectivity index (χ1) is 13.5. The SMILES string of the molecule is Cc1oc(-c2ccccc2F)nc1CN1CCN(C)[C@]2(CCNC(=O)CC2)C1. The maximum absolute atomic E-state index is 14.1. The third kappa shape index (κ3) is 3.69. The fourth-order valence-electron chi connectivity index (χ4n) is 4.35. The number of halogens is 1. The maximum Gasteiger partial charge on any atom is 0.229 e. The average Bonchev–Trinajstić information content (AvgIpc) is 2.92. The van der Waals surface area contributed by atoms with Gasteiger partial charge in [-0.1, -0.05) is 12.1 Å². The number of likely N-dealkylation sites (N-methyl/N-ethyl adjacent to an activating group) is 1. The first kappa shape index (κ1) is 19.1. The highest BCUT2D eigenvalue weighted by atomic mass is 19.1. The monoisotopic (exact) mass is 386 g/mol. The zero-order valence-electron chi connectivity index (χ0n) is 16.5. The second-order valence-electron chi connectivity index (χ2n) is 7.96. The molecule has 1 atom stereocenters. The van der Waals surface area contributed by atoms with Crippen LogP contribution in [0.5, 0.6) is 0 Å². The summed E-state index contributed by atoms with van der Waals surface area (Å²) in [5.74, 6) is 0.872. The summed E-state index contributed by atoms with van der Waals surface area (Å²) in [7, 11) is 2.16. The molecule has 28 heavy (non-hydrogen) atoms. The van der Waals surface area contributed by atoms with Gasteiger partial charge in [0, 0.05) is 44.7 Å². The summed E-state index contributed by atoms with van der Waals surface area (Å²) in [6.07, 6.45) is 2.38. The van der Waals surface area contributed by atoms with Crippen molar-refractivity contribution < 1.29 is 13.6 Å². The van der Waals surface area contributed by atoms with Gasteiger partial charge in [0.05, 0.1) is 11.3 Å². The van der Waals surface area contributed by atoms with E-state index in [1.165, 1.54) is 6.07 Å². The molecule has 1 N–H and O–H groups in total. The zero-order valence-corrected chi connectivity index (χ0v) is 16.5. The molecule has 3 heterocycles. The van der Waals surface area contributed by atoms with Gasteiger partial charge in [-0.3, -0.25) is 14.6 Å². The Hall–Kier alpha value is -2.25. The summed E-state index contributed by atoms with van der Waals surface area (Å²) in [4.78, 5) is 21.2. The van der Waals surface area contributed by atoms with E-state index >= 15 is 0 Å². The van der Waals surface area contributed by atoms with Gasteiger partial charge >= 0.3 is 0 Å². The predicted octanol–water partition coefficient (Wildman–Crippen LogP) is 2.58. The highest BCUT2D eigenvalue weighted by molar-refractivity contribution is 5.76. The molecule has 150 valence electrons. The molecular formula is C21H27FN4O2. The Labute approximate surface area is 164 Å². The quantitative estimate of drug-likeness (QED) is 0.879. The van der Waals surface area contributed by atoms with Crippen LogP contribution in [0, 0.1) is 12.7 Å². The van der Waals surface area contributed by atoms with Crippen molar-refractivity contribution in [3.63, 3.8) is 0 Å². The van der Waals surface area contributed by atoms with Gasteiger partial charge < -0.3 is 9.73 Å². The Kier molecular flexibility index (Phi) is 5.21. The number of nitrogens with one attached hydrogen (secondary N) is 1. The standard InChI is InChI=1S/C21H27FN4O2/c1-15-18(24-20(28-15)16-5-3-4-6-17(16)22)13-26-12-11-25(2)21(14-26)8-7-19(27)23-10-9-21/h3-6H,7-14H2,1-2H3,(H,23,27)/t21-/m1/s1. The lowest BCUT2D eigenvalue weighted by molar-refractivity contribution is -0.121. The van der Waals surface area contributed by atoms with E-state index in [4.69, 9.17) is 4.42 Å². The first-order valence-corrected chi connectivity index (χ1v) is 9.88. The first-order valence-electron chi connectivity index (χ1n) is 9.88. The summed E-state index contributed by atoms with van der Waals surface area (Å²) in [5.41, 5.74) is 1.24. The molecule has 0 aliphatic carbocycles. The van der Waals surface area contributed by atoms with Crippen LogP contribution in [-0.4, -0.2) is 59.5 Å². The minimum Gasteiger partial charge on any atom is -0.441 e. The van der Waals surface area contributed by atoms with Crippen LogP contribution in [0.2, 0.25) is 0 Å². The van der Waals surface area contributed by atoms with Crippen molar-refractivity contribution >= 4 is 5.91 Å². The van der Waals surface area contributed by atoms with Crippen molar-refractivity contribution in [3.8, 4) is 11.5 Å². The predicted molar refractivity (Wildman–Crippen MR) is 104 cm³/mol. The molecule has 4 rings (SSSR count). The Morgan fingerprint density at radius 2 is 2.11 bits per heavy atom.